The molecule has 0 atom stereocenters. The number of aromatic nitrogens is 3. The fourth-order valence-electron chi connectivity index (χ4n) is 1.70. The van der Waals surface area contributed by atoms with Crippen molar-refractivity contribution in [2.75, 3.05) is 18.5 Å². The minimum Gasteiger partial charge on any atom is -0.314 e. The minimum absolute atomic E-state index is 0.0250. The monoisotopic (exact) mass is 305 g/mol. The summed E-state index contributed by atoms with van der Waals surface area (Å²) in [5.41, 5.74) is 0.906. The van der Waals surface area contributed by atoms with E-state index in [-0.39, 0.29) is 5.91 Å². The van der Waals surface area contributed by atoms with Crippen LogP contribution in [-0.2, 0) is 4.79 Å². The van der Waals surface area contributed by atoms with Crippen LogP contribution in [-0.4, -0.2) is 40.7 Å². The molecule has 0 saturated carbocycles. The lowest BCUT2D eigenvalue weighted by Gasteiger charge is -2.14. The second-order valence-corrected chi connectivity index (χ2v) is 5.90. The van der Waals surface area contributed by atoms with Gasteiger partial charge in [-0.25, -0.2) is 0 Å². The van der Waals surface area contributed by atoms with Gasteiger partial charge in [0.05, 0.1) is 0 Å². The number of rotatable bonds is 6. The molecule has 0 saturated heterocycles. The van der Waals surface area contributed by atoms with Crippen molar-refractivity contribution in [2.45, 2.75) is 26.3 Å². The van der Waals surface area contributed by atoms with E-state index in [4.69, 9.17) is 0 Å². The van der Waals surface area contributed by atoms with Crippen LogP contribution in [0.25, 0.3) is 10.6 Å². The third-order valence-corrected chi connectivity index (χ3v) is 3.92. The number of anilines is 1. The first kappa shape index (κ1) is 15.5. The molecule has 0 bridgehead atoms. The standard InChI is InChI=1S/C14H19N5OS/c1-10(2)16-8-6-12(20)19(3)14-18-17-13(21-14)11-5-4-7-15-9-11/h4-5,7,9-10,16H,6,8H2,1-3H3. The molecule has 1 N–H and O–H groups in total. The highest BCUT2D eigenvalue weighted by Gasteiger charge is 2.16. The highest BCUT2D eigenvalue weighted by atomic mass is 32.1. The Morgan fingerprint density at radius 1 is 1.43 bits per heavy atom. The van der Waals surface area contributed by atoms with Crippen molar-refractivity contribution >= 4 is 22.4 Å². The summed E-state index contributed by atoms with van der Waals surface area (Å²) < 4.78 is 0. The van der Waals surface area contributed by atoms with Gasteiger partial charge in [0.15, 0.2) is 5.01 Å². The summed E-state index contributed by atoms with van der Waals surface area (Å²) in [7, 11) is 1.73. The Kier molecular flexibility index (Phi) is 5.35. The van der Waals surface area contributed by atoms with Gasteiger partial charge in [0.2, 0.25) is 11.0 Å². The number of hydrogen-bond donors (Lipinski definition) is 1. The van der Waals surface area contributed by atoms with Crippen molar-refractivity contribution in [1.29, 1.82) is 0 Å². The van der Waals surface area contributed by atoms with Crippen LogP contribution < -0.4 is 10.2 Å². The second kappa shape index (κ2) is 7.24. The molecule has 0 unspecified atom stereocenters. The van der Waals surface area contributed by atoms with Gasteiger partial charge in [-0.3, -0.25) is 14.7 Å². The molecule has 0 spiro atoms. The Bertz CT molecular complexity index is 584. The van der Waals surface area contributed by atoms with E-state index in [9.17, 15) is 4.79 Å². The molecule has 1 amide bonds. The number of hydrogen-bond acceptors (Lipinski definition) is 6. The highest BCUT2D eigenvalue weighted by Crippen LogP contribution is 2.27. The summed E-state index contributed by atoms with van der Waals surface area (Å²) >= 11 is 1.38. The Morgan fingerprint density at radius 2 is 2.24 bits per heavy atom. The molecule has 21 heavy (non-hydrogen) atoms. The summed E-state index contributed by atoms with van der Waals surface area (Å²) in [5.74, 6) is 0.0250. The third kappa shape index (κ3) is 4.30. The van der Waals surface area contributed by atoms with Gasteiger partial charge in [0.25, 0.3) is 0 Å². The lowest BCUT2D eigenvalue weighted by molar-refractivity contribution is -0.118. The van der Waals surface area contributed by atoms with Gasteiger partial charge in [-0.15, -0.1) is 10.2 Å². The zero-order valence-corrected chi connectivity index (χ0v) is 13.2. The summed E-state index contributed by atoms with van der Waals surface area (Å²) in [6.07, 6.45) is 3.89. The Labute approximate surface area is 128 Å². The van der Waals surface area contributed by atoms with Crippen LogP contribution in [0.2, 0.25) is 0 Å². The van der Waals surface area contributed by atoms with Gasteiger partial charge in [-0.1, -0.05) is 25.2 Å². The molecule has 2 heterocycles. The summed E-state index contributed by atoms with van der Waals surface area (Å²) in [6.45, 7) is 4.77. The van der Waals surface area contributed by atoms with Crippen molar-refractivity contribution in [2.24, 2.45) is 0 Å². The Morgan fingerprint density at radius 3 is 2.90 bits per heavy atom. The Balaban J connectivity index is 1.99. The van der Waals surface area contributed by atoms with E-state index in [0.29, 0.717) is 24.1 Å². The predicted molar refractivity (Wildman–Crippen MR) is 84.3 cm³/mol. The van der Waals surface area contributed by atoms with Crippen molar-refractivity contribution in [3.05, 3.63) is 24.5 Å². The van der Waals surface area contributed by atoms with Crippen LogP contribution in [0.5, 0.6) is 0 Å². The number of carbonyl (C=O) groups is 1. The molecule has 112 valence electrons. The number of pyridine rings is 1. The van der Waals surface area contributed by atoms with Crippen molar-refractivity contribution in [3.63, 3.8) is 0 Å². The van der Waals surface area contributed by atoms with E-state index in [2.05, 4.69) is 34.3 Å². The maximum atomic E-state index is 12.1. The maximum absolute atomic E-state index is 12.1. The van der Waals surface area contributed by atoms with Gasteiger partial charge in [0, 0.05) is 44.0 Å². The fourth-order valence-corrected chi connectivity index (χ4v) is 2.51. The van der Waals surface area contributed by atoms with Crippen LogP contribution in [0, 0.1) is 0 Å². The number of amides is 1. The van der Waals surface area contributed by atoms with Gasteiger partial charge < -0.3 is 5.32 Å². The number of nitrogens with zero attached hydrogens (tertiary/aromatic N) is 4. The molecule has 2 aromatic heterocycles. The summed E-state index contributed by atoms with van der Waals surface area (Å²) in [4.78, 5) is 17.7. The molecular weight excluding hydrogens is 286 g/mol. The molecule has 0 aliphatic rings. The number of nitrogens with one attached hydrogen (secondary N) is 1. The van der Waals surface area contributed by atoms with Crippen LogP contribution >= 0.6 is 11.3 Å². The minimum atomic E-state index is 0.0250. The number of carbonyl (C=O) groups excluding carboxylic acids is 1. The van der Waals surface area contributed by atoms with Crippen LogP contribution in [0.15, 0.2) is 24.5 Å². The van der Waals surface area contributed by atoms with Gasteiger partial charge in [-0.2, -0.15) is 0 Å². The molecule has 7 heteroatoms. The quantitative estimate of drug-likeness (QED) is 0.883. The van der Waals surface area contributed by atoms with E-state index < -0.39 is 0 Å². The van der Waals surface area contributed by atoms with E-state index in [1.807, 2.05) is 12.1 Å². The van der Waals surface area contributed by atoms with E-state index >= 15 is 0 Å². The average Bonchev–Trinajstić information content (AvgIpc) is 2.96. The van der Waals surface area contributed by atoms with Crippen molar-refractivity contribution in [3.8, 4) is 10.6 Å². The highest BCUT2D eigenvalue weighted by molar-refractivity contribution is 7.18. The zero-order chi connectivity index (χ0) is 15.2. The summed E-state index contributed by atoms with van der Waals surface area (Å²) in [6, 6.07) is 4.15. The van der Waals surface area contributed by atoms with Gasteiger partial charge in [-0.05, 0) is 12.1 Å². The second-order valence-electron chi connectivity index (χ2n) is 4.94. The molecule has 0 aromatic carbocycles. The molecule has 0 aliphatic heterocycles. The van der Waals surface area contributed by atoms with Crippen LogP contribution in [0.1, 0.15) is 20.3 Å². The third-order valence-electron chi connectivity index (χ3n) is 2.88. The van der Waals surface area contributed by atoms with Crippen LogP contribution in [0.3, 0.4) is 0 Å². The Hall–Kier alpha value is -1.86. The first-order valence-corrected chi connectivity index (χ1v) is 7.63. The van der Waals surface area contributed by atoms with E-state index in [1.54, 1.807) is 24.3 Å². The molecule has 2 aromatic rings. The van der Waals surface area contributed by atoms with Crippen LogP contribution in [0.4, 0.5) is 5.13 Å². The topological polar surface area (TPSA) is 71.0 Å². The first-order chi connectivity index (χ1) is 10.1. The lowest BCUT2D eigenvalue weighted by atomic mass is 10.3. The molecule has 0 radical (unpaired) electrons. The summed E-state index contributed by atoms with van der Waals surface area (Å²) in [5, 5.41) is 12.8. The van der Waals surface area contributed by atoms with E-state index in [1.165, 1.54) is 11.3 Å². The largest absolute Gasteiger partial charge is 0.314 e. The fraction of sp³-hybridized carbons (Fsp3) is 0.429. The van der Waals surface area contributed by atoms with E-state index in [0.717, 1.165) is 10.6 Å². The van der Waals surface area contributed by atoms with Gasteiger partial charge in [0.1, 0.15) is 0 Å². The van der Waals surface area contributed by atoms with Crippen molar-refractivity contribution in [1.82, 2.24) is 20.5 Å². The van der Waals surface area contributed by atoms with Crippen molar-refractivity contribution < 1.29 is 4.79 Å². The average molecular weight is 305 g/mol. The molecular formula is C14H19N5OS. The smallest absolute Gasteiger partial charge is 0.229 e. The lowest BCUT2D eigenvalue weighted by Crippen LogP contribution is -2.31. The zero-order valence-electron chi connectivity index (χ0n) is 12.4. The molecule has 0 aliphatic carbocycles. The molecule has 0 fully saturated rings. The normalized spacial score (nSPS) is 10.9. The maximum Gasteiger partial charge on any atom is 0.229 e. The molecule has 2 rings (SSSR count). The molecule has 6 nitrogen and oxygen atoms in total. The first-order valence-electron chi connectivity index (χ1n) is 6.81. The SMILES string of the molecule is CC(C)NCCC(=O)N(C)c1nnc(-c2cccnc2)s1. The predicted octanol–water partition coefficient (Wildman–Crippen LogP) is 1.95. The van der Waals surface area contributed by atoms with Gasteiger partial charge >= 0.3 is 0 Å².